The number of hydrogen-bond donors (Lipinski definition) is 1. The number of hydrogen-bond acceptors (Lipinski definition) is 2. The van der Waals surface area contributed by atoms with Gasteiger partial charge < -0.3 is 10.1 Å². The van der Waals surface area contributed by atoms with Crippen LogP contribution in [0.1, 0.15) is 72.5 Å². The highest BCUT2D eigenvalue weighted by Gasteiger charge is 2.19. The molecule has 1 aliphatic rings. The standard InChI is InChI=1S/C23H29NO2/c1-16(2)20-13-12-17(3)14-22(20)26-15-18-8-4-7-11-21(18)23(25)24-19-9-5-6-10-19/h4,7-8,11-14,16,19H,5-6,9-10,15H2,1-3H3,(H,24,25). The fraction of sp³-hybridized carbons (Fsp3) is 0.435. The van der Waals surface area contributed by atoms with Gasteiger partial charge in [0.05, 0.1) is 0 Å². The maximum atomic E-state index is 12.7. The minimum Gasteiger partial charge on any atom is -0.489 e. The summed E-state index contributed by atoms with van der Waals surface area (Å²) in [4.78, 5) is 12.7. The van der Waals surface area contributed by atoms with E-state index < -0.39 is 0 Å². The second-order valence-corrected chi connectivity index (χ2v) is 7.60. The zero-order valence-corrected chi connectivity index (χ0v) is 16.0. The first-order valence-electron chi connectivity index (χ1n) is 9.66. The van der Waals surface area contributed by atoms with E-state index in [1.807, 2.05) is 24.3 Å². The largest absolute Gasteiger partial charge is 0.489 e. The molecule has 1 N–H and O–H groups in total. The van der Waals surface area contributed by atoms with Gasteiger partial charge in [0.1, 0.15) is 12.4 Å². The van der Waals surface area contributed by atoms with E-state index in [2.05, 4.69) is 44.3 Å². The Balaban J connectivity index is 1.75. The Morgan fingerprint density at radius 2 is 1.88 bits per heavy atom. The van der Waals surface area contributed by atoms with Gasteiger partial charge in [-0.1, -0.05) is 57.0 Å². The molecule has 2 aromatic carbocycles. The van der Waals surface area contributed by atoms with Crippen molar-refractivity contribution in [3.63, 3.8) is 0 Å². The van der Waals surface area contributed by atoms with E-state index in [1.165, 1.54) is 24.0 Å². The summed E-state index contributed by atoms with van der Waals surface area (Å²) in [5.41, 5.74) is 4.03. The quantitative estimate of drug-likeness (QED) is 0.760. The number of benzene rings is 2. The Kier molecular flexibility index (Phi) is 5.97. The van der Waals surface area contributed by atoms with Gasteiger partial charge >= 0.3 is 0 Å². The molecule has 1 fully saturated rings. The Hall–Kier alpha value is -2.29. The molecule has 138 valence electrons. The number of carbonyl (C=O) groups excluding carboxylic acids is 1. The minimum absolute atomic E-state index is 0.0180. The van der Waals surface area contributed by atoms with Gasteiger partial charge in [0.2, 0.25) is 0 Å². The lowest BCUT2D eigenvalue weighted by Gasteiger charge is -2.17. The van der Waals surface area contributed by atoms with Crippen molar-refractivity contribution in [2.75, 3.05) is 0 Å². The zero-order valence-electron chi connectivity index (χ0n) is 16.0. The SMILES string of the molecule is Cc1ccc(C(C)C)c(OCc2ccccc2C(=O)NC2CCCC2)c1. The van der Waals surface area contributed by atoms with Crippen LogP contribution in [-0.2, 0) is 6.61 Å². The number of nitrogens with one attached hydrogen (secondary N) is 1. The number of aryl methyl sites for hydroxylation is 1. The highest BCUT2D eigenvalue weighted by atomic mass is 16.5. The molecule has 1 amide bonds. The maximum Gasteiger partial charge on any atom is 0.251 e. The van der Waals surface area contributed by atoms with E-state index in [0.717, 1.165) is 29.7 Å². The molecule has 1 saturated carbocycles. The van der Waals surface area contributed by atoms with Crippen LogP contribution in [0.15, 0.2) is 42.5 Å². The predicted octanol–water partition coefficient (Wildman–Crippen LogP) is 5.37. The van der Waals surface area contributed by atoms with Crippen molar-refractivity contribution in [2.45, 2.75) is 65.0 Å². The first kappa shape index (κ1) is 18.5. The fourth-order valence-corrected chi connectivity index (χ4v) is 3.60. The van der Waals surface area contributed by atoms with Gasteiger partial charge in [-0.2, -0.15) is 0 Å². The van der Waals surface area contributed by atoms with Gasteiger partial charge in [-0.15, -0.1) is 0 Å². The molecule has 0 saturated heterocycles. The normalized spacial score (nSPS) is 14.6. The van der Waals surface area contributed by atoms with Crippen molar-refractivity contribution in [2.24, 2.45) is 0 Å². The van der Waals surface area contributed by atoms with Crippen LogP contribution in [0.4, 0.5) is 0 Å². The lowest BCUT2D eigenvalue weighted by Crippen LogP contribution is -2.33. The third-order valence-electron chi connectivity index (χ3n) is 5.13. The van der Waals surface area contributed by atoms with Gasteiger partial charge in [0, 0.05) is 17.2 Å². The highest BCUT2D eigenvalue weighted by Crippen LogP contribution is 2.28. The van der Waals surface area contributed by atoms with Crippen LogP contribution in [0.5, 0.6) is 5.75 Å². The first-order valence-corrected chi connectivity index (χ1v) is 9.66. The molecule has 0 spiro atoms. The molecule has 0 heterocycles. The monoisotopic (exact) mass is 351 g/mol. The molecule has 3 heteroatoms. The molecular formula is C23H29NO2. The van der Waals surface area contributed by atoms with Crippen molar-refractivity contribution >= 4 is 5.91 Å². The molecule has 1 aliphatic carbocycles. The molecular weight excluding hydrogens is 322 g/mol. The minimum atomic E-state index is 0.0180. The van der Waals surface area contributed by atoms with Gasteiger partial charge in [-0.3, -0.25) is 4.79 Å². The lowest BCUT2D eigenvalue weighted by atomic mass is 10.0. The highest BCUT2D eigenvalue weighted by molar-refractivity contribution is 5.95. The van der Waals surface area contributed by atoms with Gasteiger partial charge in [0.25, 0.3) is 5.91 Å². The van der Waals surface area contributed by atoms with Gasteiger partial charge in [-0.25, -0.2) is 0 Å². The van der Waals surface area contributed by atoms with E-state index in [4.69, 9.17) is 4.74 Å². The van der Waals surface area contributed by atoms with Crippen molar-refractivity contribution < 1.29 is 9.53 Å². The number of carbonyl (C=O) groups is 1. The molecule has 26 heavy (non-hydrogen) atoms. The Bertz CT molecular complexity index is 761. The summed E-state index contributed by atoms with van der Waals surface area (Å²) in [6.07, 6.45) is 4.60. The molecule has 0 radical (unpaired) electrons. The summed E-state index contributed by atoms with van der Waals surface area (Å²) >= 11 is 0. The zero-order chi connectivity index (χ0) is 18.5. The van der Waals surface area contributed by atoms with Crippen LogP contribution >= 0.6 is 0 Å². The number of amides is 1. The van der Waals surface area contributed by atoms with Crippen LogP contribution in [0.2, 0.25) is 0 Å². The smallest absolute Gasteiger partial charge is 0.251 e. The molecule has 0 aromatic heterocycles. The van der Waals surface area contributed by atoms with E-state index in [0.29, 0.717) is 18.6 Å². The third kappa shape index (κ3) is 4.46. The average molecular weight is 351 g/mol. The Labute approximate surface area is 156 Å². The molecule has 0 atom stereocenters. The van der Waals surface area contributed by atoms with E-state index >= 15 is 0 Å². The second kappa shape index (κ2) is 8.39. The molecule has 3 rings (SSSR count). The third-order valence-corrected chi connectivity index (χ3v) is 5.13. The topological polar surface area (TPSA) is 38.3 Å². The van der Waals surface area contributed by atoms with E-state index in [1.54, 1.807) is 0 Å². The maximum absolute atomic E-state index is 12.7. The lowest BCUT2D eigenvalue weighted by molar-refractivity contribution is 0.0935. The summed E-state index contributed by atoms with van der Waals surface area (Å²) in [7, 11) is 0. The van der Waals surface area contributed by atoms with Crippen LogP contribution in [0, 0.1) is 6.92 Å². The number of ether oxygens (including phenoxy) is 1. The molecule has 3 nitrogen and oxygen atoms in total. The summed E-state index contributed by atoms with van der Waals surface area (Å²) < 4.78 is 6.15. The van der Waals surface area contributed by atoms with Crippen LogP contribution in [0.3, 0.4) is 0 Å². The fourth-order valence-electron chi connectivity index (χ4n) is 3.60. The van der Waals surface area contributed by atoms with Crippen molar-refractivity contribution in [1.82, 2.24) is 5.32 Å². The summed E-state index contributed by atoms with van der Waals surface area (Å²) in [5.74, 6) is 1.32. The molecule has 0 aliphatic heterocycles. The number of rotatable bonds is 6. The van der Waals surface area contributed by atoms with Crippen molar-refractivity contribution in [1.29, 1.82) is 0 Å². The second-order valence-electron chi connectivity index (χ2n) is 7.60. The predicted molar refractivity (Wildman–Crippen MR) is 106 cm³/mol. The van der Waals surface area contributed by atoms with Crippen LogP contribution in [-0.4, -0.2) is 11.9 Å². The average Bonchev–Trinajstić information content (AvgIpc) is 3.13. The Morgan fingerprint density at radius 1 is 1.15 bits per heavy atom. The summed E-state index contributed by atoms with van der Waals surface area (Å²) in [5, 5.41) is 3.18. The summed E-state index contributed by atoms with van der Waals surface area (Å²) in [6, 6.07) is 14.4. The van der Waals surface area contributed by atoms with Crippen molar-refractivity contribution in [3.05, 3.63) is 64.7 Å². The van der Waals surface area contributed by atoms with E-state index in [9.17, 15) is 4.79 Å². The molecule has 0 bridgehead atoms. The van der Waals surface area contributed by atoms with Gasteiger partial charge in [-0.05, 0) is 48.9 Å². The van der Waals surface area contributed by atoms with Crippen LogP contribution in [0.25, 0.3) is 0 Å². The van der Waals surface area contributed by atoms with Crippen LogP contribution < -0.4 is 10.1 Å². The summed E-state index contributed by atoms with van der Waals surface area (Å²) in [6.45, 7) is 6.80. The van der Waals surface area contributed by atoms with Gasteiger partial charge in [0.15, 0.2) is 0 Å². The first-order chi connectivity index (χ1) is 12.5. The van der Waals surface area contributed by atoms with E-state index in [-0.39, 0.29) is 5.91 Å². The molecule has 2 aromatic rings. The Morgan fingerprint density at radius 3 is 2.62 bits per heavy atom. The van der Waals surface area contributed by atoms with Crippen molar-refractivity contribution in [3.8, 4) is 5.75 Å². The molecule has 0 unspecified atom stereocenters.